The lowest BCUT2D eigenvalue weighted by atomic mass is 10.4. The van der Waals surface area contributed by atoms with Crippen LogP contribution >= 0.6 is 0 Å². The minimum absolute atomic E-state index is 0.0615. The molecule has 20 heavy (non-hydrogen) atoms. The molecule has 1 aliphatic rings. The number of furan rings is 1. The van der Waals surface area contributed by atoms with Gasteiger partial charge < -0.3 is 9.73 Å². The SMILES string of the molecule is O=S(=O)(NCc1cn[nH]c1)c1ccc(CNC2CC2)o1. The highest BCUT2D eigenvalue weighted by atomic mass is 32.2. The lowest BCUT2D eigenvalue weighted by molar-refractivity contribution is 0.399. The maximum Gasteiger partial charge on any atom is 0.274 e. The van der Waals surface area contributed by atoms with E-state index in [0.29, 0.717) is 18.3 Å². The topological polar surface area (TPSA) is 100 Å². The quantitative estimate of drug-likeness (QED) is 0.699. The van der Waals surface area contributed by atoms with E-state index in [1.54, 1.807) is 18.5 Å². The van der Waals surface area contributed by atoms with Crippen molar-refractivity contribution in [2.24, 2.45) is 0 Å². The van der Waals surface area contributed by atoms with Crippen molar-refractivity contribution in [3.8, 4) is 0 Å². The highest BCUT2D eigenvalue weighted by Gasteiger charge is 2.22. The molecule has 0 unspecified atom stereocenters. The molecule has 0 amide bonds. The molecule has 0 radical (unpaired) electrons. The summed E-state index contributed by atoms with van der Waals surface area (Å²) in [7, 11) is -3.62. The Morgan fingerprint density at radius 1 is 1.35 bits per heavy atom. The van der Waals surface area contributed by atoms with E-state index in [4.69, 9.17) is 4.42 Å². The van der Waals surface area contributed by atoms with Crippen LogP contribution in [0.3, 0.4) is 0 Å². The number of nitrogens with zero attached hydrogens (tertiary/aromatic N) is 1. The van der Waals surface area contributed by atoms with Gasteiger partial charge in [-0.05, 0) is 25.0 Å². The normalized spacial score (nSPS) is 15.6. The Labute approximate surface area is 116 Å². The first kappa shape index (κ1) is 13.3. The largest absolute Gasteiger partial charge is 0.447 e. The van der Waals surface area contributed by atoms with Crippen LogP contribution in [0.25, 0.3) is 0 Å². The van der Waals surface area contributed by atoms with Gasteiger partial charge in [0, 0.05) is 24.3 Å². The van der Waals surface area contributed by atoms with Crippen molar-refractivity contribution in [3.63, 3.8) is 0 Å². The van der Waals surface area contributed by atoms with Gasteiger partial charge in [-0.1, -0.05) is 0 Å². The lowest BCUT2D eigenvalue weighted by Gasteiger charge is -2.02. The van der Waals surface area contributed by atoms with Crippen LogP contribution in [0.1, 0.15) is 24.2 Å². The van der Waals surface area contributed by atoms with E-state index in [9.17, 15) is 8.42 Å². The summed E-state index contributed by atoms with van der Waals surface area (Å²) in [6, 6.07) is 3.71. The van der Waals surface area contributed by atoms with Crippen LogP contribution in [-0.4, -0.2) is 24.7 Å². The van der Waals surface area contributed by atoms with Crippen LogP contribution in [-0.2, 0) is 23.1 Å². The zero-order valence-electron chi connectivity index (χ0n) is 10.8. The number of H-pyrrole nitrogens is 1. The predicted molar refractivity (Wildman–Crippen MR) is 71.2 cm³/mol. The molecular formula is C12H16N4O3S. The first-order valence-electron chi connectivity index (χ1n) is 6.43. The molecule has 0 saturated heterocycles. The lowest BCUT2D eigenvalue weighted by Crippen LogP contribution is -2.22. The molecule has 1 saturated carbocycles. The van der Waals surface area contributed by atoms with E-state index in [2.05, 4.69) is 20.2 Å². The Morgan fingerprint density at radius 2 is 2.20 bits per heavy atom. The molecule has 1 aliphatic carbocycles. The average Bonchev–Trinajstić information content (AvgIpc) is 2.94. The highest BCUT2D eigenvalue weighted by molar-refractivity contribution is 7.89. The first-order valence-corrected chi connectivity index (χ1v) is 7.91. The number of aromatic nitrogens is 2. The molecule has 2 aromatic heterocycles. The molecule has 2 heterocycles. The van der Waals surface area contributed by atoms with Crippen molar-refractivity contribution in [1.82, 2.24) is 20.2 Å². The molecule has 3 rings (SSSR count). The Hall–Kier alpha value is -1.64. The molecule has 108 valence electrons. The summed E-state index contributed by atoms with van der Waals surface area (Å²) in [4.78, 5) is 0. The molecule has 3 N–H and O–H groups in total. The molecule has 2 aromatic rings. The van der Waals surface area contributed by atoms with Crippen molar-refractivity contribution in [3.05, 3.63) is 35.9 Å². The molecule has 0 atom stereocenters. The standard InChI is InChI=1S/C12H16N4O3S/c17-20(18,16-7-9-5-14-15-6-9)12-4-3-11(19-12)8-13-10-1-2-10/h3-6,10,13,16H,1-2,7-8H2,(H,14,15). The molecule has 1 fully saturated rings. The zero-order valence-corrected chi connectivity index (χ0v) is 11.6. The Kier molecular flexibility index (Phi) is 3.60. The van der Waals surface area contributed by atoms with Crippen molar-refractivity contribution in [2.45, 2.75) is 37.1 Å². The van der Waals surface area contributed by atoms with Gasteiger partial charge in [0.2, 0.25) is 5.09 Å². The maximum absolute atomic E-state index is 12.0. The fourth-order valence-corrected chi connectivity index (χ4v) is 2.72. The number of rotatable bonds is 7. The van der Waals surface area contributed by atoms with E-state index in [-0.39, 0.29) is 11.6 Å². The van der Waals surface area contributed by atoms with Gasteiger partial charge in [0.15, 0.2) is 0 Å². The van der Waals surface area contributed by atoms with Crippen LogP contribution < -0.4 is 10.0 Å². The molecule has 7 nitrogen and oxygen atoms in total. The van der Waals surface area contributed by atoms with E-state index in [1.807, 2.05) is 0 Å². The van der Waals surface area contributed by atoms with Crippen LogP contribution in [0, 0.1) is 0 Å². The maximum atomic E-state index is 12.0. The van der Waals surface area contributed by atoms with E-state index >= 15 is 0 Å². The molecule has 8 heteroatoms. The Bertz CT molecular complexity index is 659. The second-order valence-corrected chi connectivity index (χ2v) is 6.50. The molecular weight excluding hydrogens is 280 g/mol. The third kappa shape index (κ3) is 3.27. The second-order valence-electron chi connectivity index (χ2n) is 4.81. The zero-order chi connectivity index (χ0) is 14.0. The summed E-state index contributed by atoms with van der Waals surface area (Å²) in [6.07, 6.45) is 5.56. The number of hydrogen-bond donors (Lipinski definition) is 3. The van der Waals surface area contributed by atoms with Gasteiger partial charge in [-0.15, -0.1) is 0 Å². The summed E-state index contributed by atoms with van der Waals surface area (Å²) < 4.78 is 31.9. The summed E-state index contributed by atoms with van der Waals surface area (Å²) in [5.41, 5.74) is 0.760. The summed E-state index contributed by atoms with van der Waals surface area (Å²) in [5.74, 6) is 0.626. The third-order valence-electron chi connectivity index (χ3n) is 3.07. The van der Waals surface area contributed by atoms with Gasteiger partial charge in [-0.2, -0.15) is 5.10 Å². The predicted octanol–water partition coefficient (Wildman–Crippen LogP) is 0.733. The van der Waals surface area contributed by atoms with Gasteiger partial charge in [0.25, 0.3) is 10.0 Å². The van der Waals surface area contributed by atoms with Gasteiger partial charge in [0.1, 0.15) is 5.76 Å². The summed E-state index contributed by atoms with van der Waals surface area (Å²) in [6.45, 7) is 0.733. The van der Waals surface area contributed by atoms with Crippen molar-refractivity contribution in [1.29, 1.82) is 0 Å². The van der Waals surface area contributed by atoms with E-state index in [1.165, 1.54) is 18.9 Å². The summed E-state index contributed by atoms with van der Waals surface area (Å²) in [5, 5.41) is 9.59. The van der Waals surface area contributed by atoms with Crippen LogP contribution in [0.2, 0.25) is 0 Å². The number of hydrogen-bond acceptors (Lipinski definition) is 5. The monoisotopic (exact) mass is 296 g/mol. The molecule has 0 aromatic carbocycles. The Morgan fingerprint density at radius 3 is 2.90 bits per heavy atom. The van der Waals surface area contributed by atoms with Gasteiger partial charge in [-0.3, -0.25) is 5.10 Å². The van der Waals surface area contributed by atoms with E-state index < -0.39 is 10.0 Å². The number of sulfonamides is 1. The van der Waals surface area contributed by atoms with Crippen LogP contribution in [0.4, 0.5) is 0 Å². The van der Waals surface area contributed by atoms with Gasteiger partial charge >= 0.3 is 0 Å². The Balaban J connectivity index is 1.61. The molecule has 0 bridgehead atoms. The molecule has 0 aliphatic heterocycles. The van der Waals surface area contributed by atoms with Gasteiger partial charge in [-0.25, -0.2) is 13.1 Å². The smallest absolute Gasteiger partial charge is 0.274 e. The fourth-order valence-electron chi connectivity index (χ4n) is 1.75. The van der Waals surface area contributed by atoms with Crippen molar-refractivity contribution in [2.75, 3.05) is 0 Å². The minimum Gasteiger partial charge on any atom is -0.447 e. The van der Waals surface area contributed by atoms with Gasteiger partial charge in [0.05, 0.1) is 12.7 Å². The number of aromatic amines is 1. The van der Waals surface area contributed by atoms with Crippen molar-refractivity contribution < 1.29 is 12.8 Å². The fraction of sp³-hybridized carbons (Fsp3) is 0.417. The molecule has 0 spiro atoms. The van der Waals surface area contributed by atoms with E-state index in [0.717, 1.165) is 5.56 Å². The average molecular weight is 296 g/mol. The van der Waals surface area contributed by atoms with Crippen LogP contribution in [0.15, 0.2) is 34.0 Å². The highest BCUT2D eigenvalue weighted by Crippen LogP contribution is 2.20. The van der Waals surface area contributed by atoms with Crippen molar-refractivity contribution >= 4 is 10.0 Å². The minimum atomic E-state index is -3.62. The second kappa shape index (κ2) is 5.39. The first-order chi connectivity index (χ1) is 9.63. The summed E-state index contributed by atoms with van der Waals surface area (Å²) >= 11 is 0. The number of nitrogens with one attached hydrogen (secondary N) is 3. The third-order valence-corrected chi connectivity index (χ3v) is 4.34. The van der Waals surface area contributed by atoms with Crippen LogP contribution in [0.5, 0.6) is 0 Å².